The van der Waals surface area contributed by atoms with Gasteiger partial charge < -0.3 is 10.4 Å². The molecule has 1 aromatic rings. The van der Waals surface area contributed by atoms with Crippen molar-refractivity contribution in [2.24, 2.45) is 0 Å². The van der Waals surface area contributed by atoms with E-state index in [1.54, 1.807) is 26.2 Å². The smallest absolute Gasteiger partial charge is 0.0969 e. The summed E-state index contributed by atoms with van der Waals surface area (Å²) in [5.74, 6) is 0. The molecular weight excluding hydrogens is 140 g/mol. The van der Waals surface area contributed by atoms with E-state index < -0.39 is 6.10 Å². The number of aliphatic hydroxyl groups is 1. The number of aliphatic hydroxyl groups excluding tert-OH is 1. The fourth-order valence-corrected chi connectivity index (χ4v) is 0.905. The summed E-state index contributed by atoms with van der Waals surface area (Å²) < 4.78 is 0. The molecular formula is C8H11N2O. The van der Waals surface area contributed by atoms with E-state index in [9.17, 15) is 5.11 Å². The molecule has 0 amide bonds. The van der Waals surface area contributed by atoms with E-state index in [4.69, 9.17) is 0 Å². The molecule has 1 unspecified atom stereocenters. The van der Waals surface area contributed by atoms with Gasteiger partial charge in [0.2, 0.25) is 0 Å². The van der Waals surface area contributed by atoms with Crippen LogP contribution in [0.1, 0.15) is 18.6 Å². The molecule has 1 radical (unpaired) electrons. The molecule has 3 nitrogen and oxygen atoms in total. The van der Waals surface area contributed by atoms with Crippen molar-refractivity contribution < 1.29 is 5.11 Å². The average Bonchev–Trinajstić information content (AvgIpc) is 2.04. The molecule has 0 saturated heterocycles. The number of aromatic nitrogens is 1. The number of nitrogens with one attached hydrogen (secondary N) is 1. The second-order valence-electron chi connectivity index (χ2n) is 2.31. The van der Waals surface area contributed by atoms with E-state index >= 15 is 0 Å². The minimum atomic E-state index is -0.522. The Morgan fingerprint density at radius 1 is 1.73 bits per heavy atom. The highest BCUT2D eigenvalue weighted by molar-refractivity contribution is 5.49. The van der Waals surface area contributed by atoms with E-state index in [0.29, 0.717) is 5.56 Å². The number of anilines is 1. The highest BCUT2D eigenvalue weighted by Gasteiger charge is 2.05. The van der Waals surface area contributed by atoms with Crippen LogP contribution in [0.5, 0.6) is 0 Å². The lowest BCUT2D eigenvalue weighted by Gasteiger charge is -2.08. The predicted molar refractivity (Wildman–Crippen MR) is 43.3 cm³/mol. The minimum absolute atomic E-state index is 0.522. The lowest BCUT2D eigenvalue weighted by atomic mass is 10.1. The maximum atomic E-state index is 9.22. The molecule has 2 N–H and O–H groups in total. The minimum Gasteiger partial charge on any atom is -0.389 e. The van der Waals surface area contributed by atoms with Crippen molar-refractivity contribution in [3.63, 3.8) is 0 Å². The Morgan fingerprint density at radius 3 is 2.91 bits per heavy atom. The first-order valence-electron chi connectivity index (χ1n) is 3.48. The summed E-state index contributed by atoms with van der Waals surface area (Å²) in [6, 6.07) is 1.80. The topological polar surface area (TPSA) is 45.2 Å². The summed E-state index contributed by atoms with van der Waals surface area (Å²) in [5.41, 5.74) is 1.57. The Hall–Kier alpha value is -1.09. The maximum absolute atomic E-state index is 9.22. The number of nitrogens with zero attached hydrogens (tertiary/aromatic N) is 1. The van der Waals surface area contributed by atoms with Gasteiger partial charge in [-0.2, -0.15) is 0 Å². The third-order valence-corrected chi connectivity index (χ3v) is 1.48. The van der Waals surface area contributed by atoms with Gasteiger partial charge in [-0.1, -0.05) is 0 Å². The van der Waals surface area contributed by atoms with Gasteiger partial charge in [0, 0.05) is 24.5 Å². The van der Waals surface area contributed by atoms with Crippen molar-refractivity contribution in [1.82, 2.24) is 4.98 Å². The van der Waals surface area contributed by atoms with Gasteiger partial charge in [0.25, 0.3) is 0 Å². The first-order chi connectivity index (χ1) is 5.25. The fourth-order valence-electron chi connectivity index (χ4n) is 0.905. The van der Waals surface area contributed by atoms with Gasteiger partial charge in [0.15, 0.2) is 0 Å². The highest BCUT2D eigenvalue weighted by atomic mass is 16.3. The van der Waals surface area contributed by atoms with E-state index in [1.807, 2.05) is 0 Å². The second-order valence-corrected chi connectivity index (χ2v) is 2.31. The third-order valence-electron chi connectivity index (χ3n) is 1.48. The Morgan fingerprint density at radius 2 is 2.45 bits per heavy atom. The van der Waals surface area contributed by atoms with Crippen molar-refractivity contribution in [3.05, 3.63) is 24.0 Å². The van der Waals surface area contributed by atoms with Crippen molar-refractivity contribution in [3.8, 4) is 0 Å². The molecule has 0 bridgehead atoms. The first-order valence-corrected chi connectivity index (χ1v) is 3.48. The highest BCUT2D eigenvalue weighted by Crippen LogP contribution is 2.19. The van der Waals surface area contributed by atoms with Gasteiger partial charge in [-0.25, -0.2) is 0 Å². The number of pyridine rings is 1. The van der Waals surface area contributed by atoms with E-state index in [2.05, 4.69) is 16.5 Å². The van der Waals surface area contributed by atoms with Gasteiger partial charge in [0.1, 0.15) is 0 Å². The van der Waals surface area contributed by atoms with Gasteiger partial charge in [0.05, 0.1) is 12.3 Å². The lowest BCUT2D eigenvalue weighted by molar-refractivity contribution is 0.199. The summed E-state index contributed by atoms with van der Waals surface area (Å²) in [6.07, 6.45) is 3.84. The summed E-state index contributed by atoms with van der Waals surface area (Å²) in [4.78, 5) is 3.79. The summed E-state index contributed by atoms with van der Waals surface area (Å²) in [7, 11) is 1.80. The van der Waals surface area contributed by atoms with Crippen LogP contribution in [0, 0.1) is 6.20 Å². The number of hydrogen-bond acceptors (Lipinski definition) is 3. The molecule has 0 aliphatic heterocycles. The van der Waals surface area contributed by atoms with Crippen molar-refractivity contribution in [2.45, 2.75) is 13.0 Å². The van der Waals surface area contributed by atoms with Gasteiger partial charge >= 0.3 is 0 Å². The van der Waals surface area contributed by atoms with Crippen LogP contribution < -0.4 is 5.32 Å². The maximum Gasteiger partial charge on any atom is 0.0969 e. The average molecular weight is 151 g/mol. The Bertz CT molecular complexity index is 235. The van der Waals surface area contributed by atoms with E-state index in [-0.39, 0.29) is 0 Å². The third kappa shape index (κ3) is 1.68. The SMILES string of the molecule is CNc1ccn[c]c1C(C)O. The van der Waals surface area contributed by atoms with Crippen LogP contribution >= 0.6 is 0 Å². The molecule has 1 heterocycles. The summed E-state index contributed by atoms with van der Waals surface area (Å²) >= 11 is 0. The van der Waals surface area contributed by atoms with Crippen molar-refractivity contribution in [2.75, 3.05) is 12.4 Å². The van der Waals surface area contributed by atoms with Crippen LogP contribution in [0.2, 0.25) is 0 Å². The summed E-state index contributed by atoms with van der Waals surface area (Å²) in [6.45, 7) is 1.69. The van der Waals surface area contributed by atoms with Crippen molar-refractivity contribution >= 4 is 5.69 Å². The molecule has 11 heavy (non-hydrogen) atoms. The van der Waals surface area contributed by atoms with Crippen LogP contribution in [0.3, 0.4) is 0 Å². The zero-order valence-corrected chi connectivity index (χ0v) is 6.63. The molecule has 1 atom stereocenters. The van der Waals surface area contributed by atoms with Crippen LogP contribution in [-0.4, -0.2) is 17.1 Å². The largest absolute Gasteiger partial charge is 0.389 e. The predicted octanol–water partition coefficient (Wildman–Crippen LogP) is 0.977. The molecule has 0 saturated carbocycles. The van der Waals surface area contributed by atoms with E-state index in [0.717, 1.165) is 5.69 Å². The summed E-state index contributed by atoms with van der Waals surface area (Å²) in [5, 5.41) is 12.2. The molecule has 3 heteroatoms. The Kier molecular flexibility index (Phi) is 2.44. The van der Waals surface area contributed by atoms with E-state index in [1.165, 1.54) is 0 Å². The fraction of sp³-hybridized carbons (Fsp3) is 0.375. The van der Waals surface area contributed by atoms with Crippen LogP contribution in [0.25, 0.3) is 0 Å². The second kappa shape index (κ2) is 3.34. The normalized spacial score (nSPS) is 12.6. The van der Waals surface area contributed by atoms with Crippen LogP contribution in [0.4, 0.5) is 5.69 Å². The van der Waals surface area contributed by atoms with Crippen LogP contribution in [-0.2, 0) is 0 Å². The quantitative estimate of drug-likeness (QED) is 0.662. The Labute approximate surface area is 66.1 Å². The molecule has 0 aliphatic carbocycles. The standard InChI is InChI=1S/C8H11N2O/c1-6(11)7-5-10-4-3-8(7)9-2/h3-4,6,11H,1-2H3,(H,9,10). The molecule has 0 aliphatic rings. The van der Waals surface area contributed by atoms with Crippen LogP contribution in [0.15, 0.2) is 12.3 Å². The zero-order valence-electron chi connectivity index (χ0n) is 6.63. The molecule has 1 rings (SSSR count). The zero-order chi connectivity index (χ0) is 8.27. The molecule has 0 aromatic carbocycles. The van der Waals surface area contributed by atoms with Gasteiger partial charge in [-0.05, 0) is 13.0 Å². The molecule has 0 spiro atoms. The number of hydrogen-bond donors (Lipinski definition) is 2. The first kappa shape index (κ1) is 8.01. The van der Waals surface area contributed by atoms with Gasteiger partial charge in [-0.15, -0.1) is 0 Å². The monoisotopic (exact) mass is 151 g/mol. The molecule has 1 aromatic heterocycles. The van der Waals surface area contributed by atoms with Crippen molar-refractivity contribution in [1.29, 1.82) is 0 Å². The number of rotatable bonds is 2. The lowest BCUT2D eigenvalue weighted by Crippen LogP contribution is -1.99. The molecule has 59 valence electrons. The molecule has 0 fully saturated rings. The Balaban J connectivity index is 3.02. The van der Waals surface area contributed by atoms with Gasteiger partial charge in [-0.3, -0.25) is 4.98 Å².